The van der Waals surface area contributed by atoms with Gasteiger partial charge in [0.05, 0.1) is 0 Å². The number of guanidine groups is 1. The van der Waals surface area contributed by atoms with Gasteiger partial charge in [-0.3, -0.25) is 9.89 Å². The quantitative estimate of drug-likeness (QED) is 0.504. The average Bonchev–Trinajstić information content (AvgIpc) is 3.28. The molecular formula is C19H26F2N4. The van der Waals surface area contributed by atoms with Gasteiger partial charge in [0.25, 0.3) is 0 Å². The predicted octanol–water partition coefficient (Wildman–Crippen LogP) is 2.42. The molecule has 1 N–H and O–H groups in total. The van der Waals surface area contributed by atoms with Gasteiger partial charge in [-0.15, -0.1) is 0 Å². The van der Waals surface area contributed by atoms with E-state index in [4.69, 9.17) is 0 Å². The van der Waals surface area contributed by atoms with E-state index in [0.29, 0.717) is 24.6 Å². The number of benzene rings is 1. The van der Waals surface area contributed by atoms with Gasteiger partial charge in [-0.1, -0.05) is 12.2 Å². The van der Waals surface area contributed by atoms with Crippen molar-refractivity contribution in [1.82, 2.24) is 15.1 Å². The van der Waals surface area contributed by atoms with E-state index in [9.17, 15) is 8.78 Å². The summed E-state index contributed by atoms with van der Waals surface area (Å²) >= 11 is 0. The van der Waals surface area contributed by atoms with Gasteiger partial charge in [0.2, 0.25) is 0 Å². The van der Waals surface area contributed by atoms with Crippen molar-refractivity contribution in [2.24, 2.45) is 4.99 Å². The van der Waals surface area contributed by atoms with Crippen LogP contribution in [0, 0.1) is 11.6 Å². The third kappa shape index (κ3) is 4.57. The summed E-state index contributed by atoms with van der Waals surface area (Å²) in [5.74, 6) is 0.0900. The molecule has 0 aromatic heterocycles. The minimum Gasteiger partial charge on any atom is -0.357 e. The first-order chi connectivity index (χ1) is 12.2. The second-order valence-electron chi connectivity index (χ2n) is 6.54. The molecule has 1 unspecified atom stereocenters. The molecule has 2 aliphatic rings. The van der Waals surface area contributed by atoms with Crippen LogP contribution in [0.3, 0.4) is 0 Å². The van der Waals surface area contributed by atoms with E-state index in [0.717, 1.165) is 51.2 Å². The van der Waals surface area contributed by atoms with Crippen molar-refractivity contribution in [2.75, 3.05) is 39.3 Å². The fourth-order valence-electron chi connectivity index (χ4n) is 3.47. The fraction of sp³-hybridized carbons (Fsp3) is 0.526. The number of aliphatic imine (C=N–C) groups is 1. The van der Waals surface area contributed by atoms with E-state index in [-0.39, 0.29) is 5.82 Å². The van der Waals surface area contributed by atoms with Crippen LogP contribution in [0.2, 0.25) is 0 Å². The molecule has 136 valence electrons. The van der Waals surface area contributed by atoms with Gasteiger partial charge >= 0.3 is 0 Å². The Morgan fingerprint density at radius 2 is 2.08 bits per heavy atom. The van der Waals surface area contributed by atoms with Crippen LogP contribution in [0.15, 0.2) is 35.3 Å². The molecule has 1 atom stereocenters. The topological polar surface area (TPSA) is 30.9 Å². The number of hydrogen-bond acceptors (Lipinski definition) is 2. The Labute approximate surface area is 148 Å². The highest BCUT2D eigenvalue weighted by molar-refractivity contribution is 5.80. The number of likely N-dealkylation sites (tertiary alicyclic amines) is 1. The van der Waals surface area contributed by atoms with Crippen molar-refractivity contribution in [3.8, 4) is 0 Å². The molecule has 6 heteroatoms. The summed E-state index contributed by atoms with van der Waals surface area (Å²) in [6, 6.07) is 4.13. The van der Waals surface area contributed by atoms with Crippen LogP contribution in [0.4, 0.5) is 8.78 Å². The number of nitrogens with zero attached hydrogens (tertiary/aromatic N) is 3. The zero-order chi connectivity index (χ0) is 17.6. The maximum Gasteiger partial charge on any atom is 0.193 e. The van der Waals surface area contributed by atoms with E-state index >= 15 is 0 Å². The van der Waals surface area contributed by atoms with Gasteiger partial charge in [-0.25, -0.2) is 8.78 Å². The molecule has 1 aromatic rings. The highest BCUT2D eigenvalue weighted by atomic mass is 19.1. The fourth-order valence-corrected chi connectivity index (χ4v) is 3.47. The number of halogens is 2. The van der Waals surface area contributed by atoms with E-state index in [1.807, 2.05) is 6.92 Å². The maximum atomic E-state index is 13.7. The molecule has 25 heavy (non-hydrogen) atoms. The van der Waals surface area contributed by atoms with Crippen molar-refractivity contribution >= 4 is 5.96 Å². The summed E-state index contributed by atoms with van der Waals surface area (Å²) in [5.41, 5.74) is 0.377. The van der Waals surface area contributed by atoms with Crippen molar-refractivity contribution < 1.29 is 8.78 Å². The lowest BCUT2D eigenvalue weighted by Crippen LogP contribution is -2.43. The molecule has 0 aliphatic carbocycles. The Hall–Kier alpha value is -1.95. The molecule has 2 heterocycles. The van der Waals surface area contributed by atoms with Crippen LogP contribution in [0.5, 0.6) is 0 Å². The molecular weight excluding hydrogens is 322 g/mol. The molecule has 0 spiro atoms. The highest BCUT2D eigenvalue weighted by Crippen LogP contribution is 2.18. The standard InChI is InChI=1S/C19H26F2N4/c1-2-22-19(23-9-7-15-13-16(20)5-6-18(15)21)25-12-8-17(14-25)24-10-3-4-11-24/h3-6,13,17H,2,7-12,14H2,1H3,(H,22,23). The summed E-state index contributed by atoms with van der Waals surface area (Å²) in [5, 5.41) is 3.32. The average molecular weight is 348 g/mol. The minimum absolute atomic E-state index is 0.371. The third-order valence-corrected chi connectivity index (χ3v) is 4.81. The summed E-state index contributed by atoms with van der Waals surface area (Å²) in [6.45, 7) is 7.27. The van der Waals surface area contributed by atoms with Crippen molar-refractivity contribution in [3.63, 3.8) is 0 Å². The molecule has 0 bridgehead atoms. The van der Waals surface area contributed by atoms with Gasteiger partial charge in [0.15, 0.2) is 5.96 Å². The first-order valence-electron chi connectivity index (χ1n) is 9.03. The van der Waals surface area contributed by atoms with Crippen LogP contribution in [-0.4, -0.2) is 61.1 Å². The molecule has 1 aromatic carbocycles. The van der Waals surface area contributed by atoms with Gasteiger partial charge in [0.1, 0.15) is 11.6 Å². The summed E-state index contributed by atoms with van der Waals surface area (Å²) in [6.07, 6.45) is 5.96. The first kappa shape index (κ1) is 17.9. The second-order valence-corrected chi connectivity index (χ2v) is 6.54. The Kier molecular flexibility index (Phi) is 6.02. The second kappa shape index (κ2) is 8.43. The number of rotatable bonds is 5. The zero-order valence-electron chi connectivity index (χ0n) is 14.7. The van der Waals surface area contributed by atoms with Crippen LogP contribution >= 0.6 is 0 Å². The smallest absolute Gasteiger partial charge is 0.193 e. The maximum absolute atomic E-state index is 13.7. The molecule has 0 saturated carbocycles. The van der Waals surface area contributed by atoms with Gasteiger partial charge in [0, 0.05) is 45.3 Å². The molecule has 1 saturated heterocycles. The molecule has 1 fully saturated rings. The van der Waals surface area contributed by atoms with E-state index in [2.05, 4.69) is 32.3 Å². The zero-order valence-corrected chi connectivity index (χ0v) is 14.7. The third-order valence-electron chi connectivity index (χ3n) is 4.81. The summed E-state index contributed by atoms with van der Waals surface area (Å²) < 4.78 is 27.0. The van der Waals surface area contributed by atoms with Gasteiger partial charge in [-0.05, 0) is 43.5 Å². The Morgan fingerprint density at radius 1 is 1.28 bits per heavy atom. The Morgan fingerprint density at radius 3 is 2.84 bits per heavy atom. The van der Waals surface area contributed by atoms with Crippen LogP contribution in [-0.2, 0) is 6.42 Å². The summed E-state index contributed by atoms with van der Waals surface area (Å²) in [7, 11) is 0. The number of nitrogens with one attached hydrogen (secondary N) is 1. The number of hydrogen-bond donors (Lipinski definition) is 1. The Bertz CT molecular complexity index is 636. The van der Waals surface area contributed by atoms with Crippen LogP contribution in [0.25, 0.3) is 0 Å². The van der Waals surface area contributed by atoms with Crippen LogP contribution in [0.1, 0.15) is 18.9 Å². The summed E-state index contributed by atoms with van der Waals surface area (Å²) in [4.78, 5) is 9.38. The Balaban J connectivity index is 1.58. The normalized spacial score (nSPS) is 21.3. The predicted molar refractivity (Wildman–Crippen MR) is 96.7 cm³/mol. The molecule has 2 aliphatic heterocycles. The first-order valence-corrected chi connectivity index (χ1v) is 9.03. The monoisotopic (exact) mass is 348 g/mol. The van der Waals surface area contributed by atoms with Crippen molar-refractivity contribution in [2.45, 2.75) is 25.8 Å². The lowest BCUT2D eigenvalue weighted by molar-refractivity contribution is 0.259. The molecule has 0 amide bonds. The lowest BCUT2D eigenvalue weighted by atomic mass is 10.1. The minimum atomic E-state index is -0.408. The molecule has 0 radical (unpaired) electrons. The van der Waals surface area contributed by atoms with E-state index < -0.39 is 5.82 Å². The molecule has 4 nitrogen and oxygen atoms in total. The lowest BCUT2D eigenvalue weighted by Gasteiger charge is -2.25. The molecule has 3 rings (SSSR count). The van der Waals surface area contributed by atoms with E-state index in [1.165, 1.54) is 12.1 Å². The van der Waals surface area contributed by atoms with Crippen molar-refractivity contribution in [3.05, 3.63) is 47.5 Å². The SMILES string of the molecule is CCNC(=NCCc1cc(F)ccc1F)N1CCC(N2CC=CC2)C1. The van der Waals surface area contributed by atoms with E-state index in [1.54, 1.807) is 0 Å². The largest absolute Gasteiger partial charge is 0.357 e. The van der Waals surface area contributed by atoms with Crippen LogP contribution < -0.4 is 5.32 Å². The highest BCUT2D eigenvalue weighted by Gasteiger charge is 2.29. The van der Waals surface area contributed by atoms with Gasteiger partial charge in [-0.2, -0.15) is 0 Å². The van der Waals surface area contributed by atoms with Crippen molar-refractivity contribution in [1.29, 1.82) is 0 Å². The van der Waals surface area contributed by atoms with Gasteiger partial charge < -0.3 is 10.2 Å².